The summed E-state index contributed by atoms with van der Waals surface area (Å²) in [6.45, 7) is 8.55. The van der Waals surface area contributed by atoms with Gasteiger partial charge in [0.2, 0.25) is 15.9 Å². The average molecular weight is 431 g/mol. The van der Waals surface area contributed by atoms with Crippen LogP contribution in [0.15, 0.2) is 53.4 Å². The standard InChI is InChI=1S/C23H30N2O4S/c1-6-25(7-2)30(27,28)20-13-14-22(29-5)21(16-20)24-23(26)15-10-18-8-11-19(12-9-18)17(3)4/h8-17H,6-7H2,1-5H3,(H,24,26)/b15-10+. The zero-order valence-corrected chi connectivity index (χ0v) is 19.0. The first-order valence-electron chi connectivity index (χ1n) is 10.00. The zero-order chi connectivity index (χ0) is 22.3. The summed E-state index contributed by atoms with van der Waals surface area (Å²) in [5.74, 6) is 0.453. The van der Waals surface area contributed by atoms with E-state index in [-0.39, 0.29) is 10.8 Å². The Morgan fingerprint density at radius 2 is 1.73 bits per heavy atom. The van der Waals surface area contributed by atoms with Crippen LogP contribution in [0.4, 0.5) is 5.69 Å². The molecule has 2 aromatic rings. The van der Waals surface area contributed by atoms with E-state index in [2.05, 4.69) is 19.2 Å². The van der Waals surface area contributed by atoms with E-state index in [1.165, 1.54) is 35.2 Å². The molecular formula is C23H30N2O4S. The van der Waals surface area contributed by atoms with Gasteiger partial charge in [0.1, 0.15) is 5.75 Å². The Hall–Kier alpha value is -2.64. The molecule has 0 aliphatic carbocycles. The second-order valence-electron chi connectivity index (χ2n) is 7.10. The molecule has 0 aromatic heterocycles. The van der Waals surface area contributed by atoms with Crippen LogP contribution in [0.1, 0.15) is 44.7 Å². The van der Waals surface area contributed by atoms with Crippen LogP contribution in [0.2, 0.25) is 0 Å². The highest BCUT2D eigenvalue weighted by Crippen LogP contribution is 2.29. The van der Waals surface area contributed by atoms with Gasteiger partial charge >= 0.3 is 0 Å². The number of benzene rings is 2. The molecule has 1 amide bonds. The van der Waals surface area contributed by atoms with Crippen molar-refractivity contribution in [2.75, 3.05) is 25.5 Å². The Kier molecular flexibility index (Phi) is 8.20. The van der Waals surface area contributed by atoms with Crippen LogP contribution in [0.5, 0.6) is 5.75 Å². The monoisotopic (exact) mass is 430 g/mol. The van der Waals surface area contributed by atoms with Gasteiger partial charge < -0.3 is 10.1 Å². The smallest absolute Gasteiger partial charge is 0.248 e. The topological polar surface area (TPSA) is 75.7 Å². The molecule has 1 N–H and O–H groups in total. The first-order chi connectivity index (χ1) is 14.2. The van der Waals surface area contributed by atoms with Crippen molar-refractivity contribution in [1.82, 2.24) is 4.31 Å². The third-order valence-corrected chi connectivity index (χ3v) is 6.85. The molecular weight excluding hydrogens is 400 g/mol. The van der Waals surface area contributed by atoms with Crippen LogP contribution >= 0.6 is 0 Å². The Morgan fingerprint density at radius 3 is 2.27 bits per heavy atom. The van der Waals surface area contributed by atoms with E-state index >= 15 is 0 Å². The van der Waals surface area contributed by atoms with Gasteiger partial charge in [-0.2, -0.15) is 4.31 Å². The number of anilines is 1. The molecule has 2 aromatic carbocycles. The summed E-state index contributed by atoms with van der Waals surface area (Å²) in [7, 11) is -2.17. The Bertz CT molecular complexity index is 992. The largest absolute Gasteiger partial charge is 0.495 e. The number of hydrogen-bond acceptors (Lipinski definition) is 4. The quantitative estimate of drug-likeness (QED) is 0.594. The maximum absolute atomic E-state index is 12.8. The Balaban J connectivity index is 2.23. The number of methoxy groups -OCH3 is 1. The lowest BCUT2D eigenvalue weighted by atomic mass is 10.0. The number of ether oxygens (including phenoxy) is 1. The summed E-state index contributed by atoms with van der Waals surface area (Å²) in [5.41, 5.74) is 2.43. The van der Waals surface area contributed by atoms with Gasteiger partial charge in [-0.3, -0.25) is 4.79 Å². The van der Waals surface area contributed by atoms with E-state index in [0.717, 1.165) is 5.56 Å². The highest BCUT2D eigenvalue weighted by molar-refractivity contribution is 7.89. The van der Waals surface area contributed by atoms with E-state index < -0.39 is 10.0 Å². The van der Waals surface area contributed by atoms with E-state index in [1.807, 2.05) is 24.3 Å². The van der Waals surface area contributed by atoms with Crippen molar-refractivity contribution in [2.24, 2.45) is 0 Å². The van der Waals surface area contributed by atoms with E-state index in [0.29, 0.717) is 30.4 Å². The Labute approximate surface area is 179 Å². The van der Waals surface area contributed by atoms with Gasteiger partial charge in [0.15, 0.2) is 0 Å². The Morgan fingerprint density at radius 1 is 1.10 bits per heavy atom. The van der Waals surface area contributed by atoms with Gasteiger partial charge in [-0.1, -0.05) is 52.0 Å². The minimum atomic E-state index is -3.64. The van der Waals surface area contributed by atoms with Gasteiger partial charge in [0.05, 0.1) is 17.7 Å². The lowest BCUT2D eigenvalue weighted by Gasteiger charge is -2.19. The van der Waals surface area contributed by atoms with Crippen molar-refractivity contribution in [2.45, 2.75) is 38.5 Å². The predicted octanol–water partition coefficient (Wildman–Crippen LogP) is 4.50. The van der Waals surface area contributed by atoms with E-state index in [1.54, 1.807) is 26.0 Å². The van der Waals surface area contributed by atoms with Crippen molar-refractivity contribution in [1.29, 1.82) is 0 Å². The van der Waals surface area contributed by atoms with Crippen LogP contribution in [-0.2, 0) is 14.8 Å². The fraction of sp³-hybridized carbons (Fsp3) is 0.348. The third kappa shape index (κ3) is 5.70. The van der Waals surface area contributed by atoms with Crippen molar-refractivity contribution < 1.29 is 17.9 Å². The first-order valence-corrected chi connectivity index (χ1v) is 11.4. The molecule has 0 saturated heterocycles. The third-order valence-electron chi connectivity index (χ3n) is 4.80. The number of sulfonamides is 1. The number of rotatable bonds is 9. The second-order valence-corrected chi connectivity index (χ2v) is 9.03. The van der Waals surface area contributed by atoms with E-state index in [4.69, 9.17) is 4.74 Å². The van der Waals surface area contributed by atoms with Gasteiger partial charge in [0, 0.05) is 19.2 Å². The lowest BCUT2D eigenvalue weighted by molar-refractivity contribution is -0.111. The molecule has 0 radical (unpaired) electrons. The first kappa shape index (κ1) is 23.6. The summed E-state index contributed by atoms with van der Waals surface area (Å²) in [6.07, 6.45) is 3.12. The zero-order valence-electron chi connectivity index (χ0n) is 18.2. The average Bonchev–Trinajstić information content (AvgIpc) is 2.73. The molecule has 0 heterocycles. The second kappa shape index (κ2) is 10.4. The molecule has 0 spiro atoms. The molecule has 0 unspecified atom stereocenters. The normalized spacial score (nSPS) is 12.0. The molecule has 0 bridgehead atoms. The summed E-state index contributed by atoms with van der Waals surface area (Å²) in [5, 5.41) is 2.72. The molecule has 30 heavy (non-hydrogen) atoms. The van der Waals surface area contributed by atoms with Crippen LogP contribution in [0.25, 0.3) is 6.08 Å². The highest BCUT2D eigenvalue weighted by Gasteiger charge is 2.23. The molecule has 0 saturated carbocycles. The van der Waals surface area contributed by atoms with Crippen LogP contribution < -0.4 is 10.1 Å². The SMILES string of the molecule is CCN(CC)S(=O)(=O)c1ccc(OC)c(NC(=O)/C=C/c2ccc(C(C)C)cc2)c1. The maximum atomic E-state index is 12.8. The molecule has 0 fully saturated rings. The van der Waals surface area contributed by atoms with Gasteiger partial charge in [-0.05, 0) is 41.3 Å². The van der Waals surface area contributed by atoms with Crippen molar-refractivity contribution >= 4 is 27.7 Å². The molecule has 7 heteroatoms. The minimum absolute atomic E-state index is 0.107. The molecule has 0 atom stereocenters. The van der Waals surface area contributed by atoms with Crippen LogP contribution in [0, 0.1) is 0 Å². The van der Waals surface area contributed by atoms with Crippen molar-refractivity contribution in [3.8, 4) is 5.75 Å². The number of carbonyl (C=O) groups is 1. The summed E-state index contributed by atoms with van der Waals surface area (Å²) in [4.78, 5) is 12.5. The van der Waals surface area contributed by atoms with E-state index in [9.17, 15) is 13.2 Å². The van der Waals surface area contributed by atoms with Gasteiger partial charge in [-0.15, -0.1) is 0 Å². The van der Waals surface area contributed by atoms with Crippen LogP contribution in [-0.4, -0.2) is 38.8 Å². The fourth-order valence-electron chi connectivity index (χ4n) is 3.00. The number of nitrogens with one attached hydrogen (secondary N) is 1. The highest BCUT2D eigenvalue weighted by atomic mass is 32.2. The van der Waals surface area contributed by atoms with Crippen molar-refractivity contribution in [3.63, 3.8) is 0 Å². The molecule has 0 aliphatic rings. The minimum Gasteiger partial charge on any atom is -0.495 e. The molecule has 0 aliphatic heterocycles. The van der Waals surface area contributed by atoms with Gasteiger partial charge in [0.25, 0.3) is 0 Å². The molecule has 162 valence electrons. The maximum Gasteiger partial charge on any atom is 0.248 e. The number of carbonyl (C=O) groups excluding carboxylic acids is 1. The predicted molar refractivity (Wildman–Crippen MR) is 121 cm³/mol. The summed E-state index contributed by atoms with van der Waals surface area (Å²) < 4.78 is 32.2. The van der Waals surface area contributed by atoms with Crippen molar-refractivity contribution in [3.05, 3.63) is 59.7 Å². The van der Waals surface area contributed by atoms with Crippen LogP contribution in [0.3, 0.4) is 0 Å². The fourth-order valence-corrected chi connectivity index (χ4v) is 4.48. The number of amides is 1. The van der Waals surface area contributed by atoms with Gasteiger partial charge in [-0.25, -0.2) is 8.42 Å². The molecule has 6 nitrogen and oxygen atoms in total. The number of nitrogens with zero attached hydrogens (tertiary/aromatic N) is 1. The summed E-state index contributed by atoms with van der Waals surface area (Å²) >= 11 is 0. The molecule has 2 rings (SSSR count). The summed E-state index contributed by atoms with van der Waals surface area (Å²) in [6, 6.07) is 12.4. The lowest BCUT2D eigenvalue weighted by Crippen LogP contribution is -2.30. The number of hydrogen-bond donors (Lipinski definition) is 1.